The second kappa shape index (κ2) is 7.17. The Bertz CT molecular complexity index is 610. The van der Waals surface area contributed by atoms with Crippen molar-refractivity contribution >= 4 is 5.91 Å². The molecule has 1 heterocycles. The van der Waals surface area contributed by atoms with Gasteiger partial charge >= 0.3 is 0 Å². The summed E-state index contributed by atoms with van der Waals surface area (Å²) < 4.78 is 0. The fourth-order valence-electron chi connectivity index (χ4n) is 2.08. The van der Waals surface area contributed by atoms with Gasteiger partial charge in [0.1, 0.15) is 11.9 Å². The van der Waals surface area contributed by atoms with Crippen LogP contribution in [0, 0.1) is 12.8 Å². The van der Waals surface area contributed by atoms with Crippen molar-refractivity contribution in [1.82, 2.24) is 20.5 Å². The van der Waals surface area contributed by atoms with E-state index in [4.69, 9.17) is 0 Å². The number of hydrogen-bond donors (Lipinski definition) is 3. The molecule has 0 radical (unpaired) electrons. The number of H-pyrrole nitrogens is 1. The van der Waals surface area contributed by atoms with Crippen LogP contribution in [0.3, 0.4) is 0 Å². The summed E-state index contributed by atoms with van der Waals surface area (Å²) >= 11 is 0. The Balaban J connectivity index is 2.17. The number of aliphatic hydroxyl groups is 1. The second-order valence-electron chi connectivity index (χ2n) is 5.71. The van der Waals surface area contributed by atoms with Gasteiger partial charge in [-0.2, -0.15) is 5.10 Å². The van der Waals surface area contributed by atoms with Crippen molar-refractivity contribution in [2.24, 2.45) is 5.92 Å². The van der Waals surface area contributed by atoms with Crippen LogP contribution in [0.15, 0.2) is 30.3 Å². The molecule has 1 amide bonds. The number of nitrogens with zero attached hydrogens (tertiary/aromatic N) is 2. The molecule has 0 saturated carbocycles. The highest BCUT2D eigenvalue weighted by atomic mass is 16.3. The number of aliphatic hydroxyl groups excluding tert-OH is 1. The van der Waals surface area contributed by atoms with E-state index in [0.717, 1.165) is 5.56 Å². The summed E-state index contributed by atoms with van der Waals surface area (Å²) in [6.45, 7) is 5.57. The fraction of sp³-hybridized carbons (Fsp3) is 0.438. The molecule has 0 spiro atoms. The summed E-state index contributed by atoms with van der Waals surface area (Å²) in [5, 5.41) is 19.7. The van der Waals surface area contributed by atoms with Crippen LogP contribution in [-0.4, -0.2) is 32.3 Å². The molecule has 0 saturated heterocycles. The van der Waals surface area contributed by atoms with Crippen LogP contribution in [-0.2, 0) is 4.79 Å². The number of hydrogen-bond acceptors (Lipinski definition) is 4. The maximum Gasteiger partial charge on any atom is 0.223 e. The van der Waals surface area contributed by atoms with Gasteiger partial charge < -0.3 is 10.4 Å². The summed E-state index contributed by atoms with van der Waals surface area (Å²) in [6, 6.07) is 9.10. The molecule has 2 aromatic rings. The molecule has 0 bridgehead atoms. The maximum atomic E-state index is 12.2. The number of carbonyl (C=O) groups excluding carboxylic acids is 1. The highest BCUT2D eigenvalue weighted by Crippen LogP contribution is 2.19. The van der Waals surface area contributed by atoms with Crippen LogP contribution in [0.4, 0.5) is 0 Å². The molecule has 2 atom stereocenters. The van der Waals surface area contributed by atoms with Crippen molar-refractivity contribution in [3.05, 3.63) is 47.5 Å². The molecule has 0 aliphatic heterocycles. The number of benzene rings is 1. The second-order valence-corrected chi connectivity index (χ2v) is 5.71. The van der Waals surface area contributed by atoms with Crippen LogP contribution >= 0.6 is 0 Å². The van der Waals surface area contributed by atoms with Gasteiger partial charge in [-0.3, -0.25) is 9.89 Å². The van der Waals surface area contributed by atoms with E-state index >= 15 is 0 Å². The van der Waals surface area contributed by atoms with E-state index in [0.29, 0.717) is 11.6 Å². The van der Waals surface area contributed by atoms with E-state index in [9.17, 15) is 9.90 Å². The van der Waals surface area contributed by atoms with E-state index in [1.54, 1.807) is 0 Å². The molecule has 1 aromatic heterocycles. The number of nitrogens with one attached hydrogen (secondary N) is 2. The van der Waals surface area contributed by atoms with Crippen LogP contribution < -0.4 is 5.32 Å². The molecule has 3 N–H and O–H groups in total. The van der Waals surface area contributed by atoms with Gasteiger partial charge in [0, 0.05) is 0 Å². The molecule has 2 unspecified atom stereocenters. The van der Waals surface area contributed by atoms with Crippen LogP contribution in [0.25, 0.3) is 0 Å². The molecule has 0 aliphatic rings. The lowest BCUT2D eigenvalue weighted by atomic mass is 10.0. The predicted molar refractivity (Wildman–Crippen MR) is 83.0 cm³/mol. The number of amides is 1. The van der Waals surface area contributed by atoms with Crippen molar-refractivity contribution in [3.63, 3.8) is 0 Å². The zero-order valence-electron chi connectivity index (χ0n) is 13.1. The quantitative estimate of drug-likeness (QED) is 0.758. The summed E-state index contributed by atoms with van der Waals surface area (Å²) in [5.74, 6) is 1.01. The van der Waals surface area contributed by atoms with Gasteiger partial charge in [-0.25, -0.2) is 4.98 Å². The van der Waals surface area contributed by atoms with Gasteiger partial charge in [-0.1, -0.05) is 44.2 Å². The number of rotatable bonds is 6. The highest BCUT2D eigenvalue weighted by molar-refractivity contribution is 5.77. The molecule has 6 heteroatoms. The lowest BCUT2D eigenvalue weighted by molar-refractivity contribution is -0.124. The van der Waals surface area contributed by atoms with Crippen molar-refractivity contribution in [2.75, 3.05) is 0 Å². The lowest BCUT2D eigenvalue weighted by Gasteiger charge is -2.19. The SMILES string of the molecule is Cc1nc(C(NC(=O)CC(O)C(C)C)c2ccccc2)n[nH]1. The Morgan fingerprint density at radius 1 is 1.32 bits per heavy atom. The van der Waals surface area contributed by atoms with Crippen LogP contribution in [0.2, 0.25) is 0 Å². The molecule has 118 valence electrons. The van der Waals surface area contributed by atoms with Crippen molar-refractivity contribution in [2.45, 2.75) is 39.3 Å². The van der Waals surface area contributed by atoms with Crippen molar-refractivity contribution in [3.8, 4) is 0 Å². The van der Waals surface area contributed by atoms with Gasteiger partial charge in [0.15, 0.2) is 5.82 Å². The van der Waals surface area contributed by atoms with E-state index in [-0.39, 0.29) is 18.2 Å². The topological polar surface area (TPSA) is 90.9 Å². The Hall–Kier alpha value is -2.21. The summed E-state index contributed by atoms with van der Waals surface area (Å²) in [6.07, 6.45) is -0.602. The Morgan fingerprint density at radius 2 is 2.00 bits per heavy atom. The molecular formula is C16H22N4O2. The summed E-state index contributed by atoms with van der Waals surface area (Å²) in [4.78, 5) is 16.5. The van der Waals surface area contributed by atoms with Crippen molar-refractivity contribution in [1.29, 1.82) is 0 Å². The average molecular weight is 302 g/mol. The lowest BCUT2D eigenvalue weighted by Crippen LogP contribution is -2.33. The molecular weight excluding hydrogens is 280 g/mol. The minimum absolute atomic E-state index is 0.0340. The highest BCUT2D eigenvalue weighted by Gasteiger charge is 2.22. The Morgan fingerprint density at radius 3 is 2.55 bits per heavy atom. The minimum atomic E-state index is -0.662. The van der Waals surface area contributed by atoms with E-state index in [1.807, 2.05) is 51.1 Å². The first-order valence-electron chi connectivity index (χ1n) is 7.38. The van der Waals surface area contributed by atoms with E-state index < -0.39 is 12.1 Å². The normalized spacial score (nSPS) is 13.9. The Labute approximate surface area is 130 Å². The maximum absolute atomic E-state index is 12.2. The van der Waals surface area contributed by atoms with Crippen LogP contribution in [0.1, 0.15) is 43.5 Å². The molecule has 6 nitrogen and oxygen atoms in total. The summed E-state index contributed by atoms with van der Waals surface area (Å²) in [7, 11) is 0. The monoisotopic (exact) mass is 302 g/mol. The van der Waals surface area contributed by atoms with Gasteiger partial charge in [-0.15, -0.1) is 0 Å². The van der Waals surface area contributed by atoms with Crippen molar-refractivity contribution < 1.29 is 9.90 Å². The molecule has 22 heavy (non-hydrogen) atoms. The standard InChI is InChI=1S/C16H22N4O2/c1-10(2)13(21)9-14(22)18-15(12-7-5-4-6-8-12)16-17-11(3)19-20-16/h4-8,10,13,15,21H,9H2,1-3H3,(H,18,22)(H,17,19,20). The summed E-state index contributed by atoms with van der Waals surface area (Å²) in [5.41, 5.74) is 0.897. The number of aryl methyl sites for hydroxylation is 1. The average Bonchev–Trinajstić information content (AvgIpc) is 2.92. The van der Waals surface area contributed by atoms with Gasteiger partial charge in [0.05, 0.1) is 12.5 Å². The number of carbonyl (C=O) groups is 1. The fourth-order valence-corrected chi connectivity index (χ4v) is 2.08. The van der Waals surface area contributed by atoms with Crippen LogP contribution in [0.5, 0.6) is 0 Å². The number of aromatic nitrogens is 3. The first-order valence-corrected chi connectivity index (χ1v) is 7.38. The van der Waals surface area contributed by atoms with Gasteiger partial charge in [-0.05, 0) is 18.4 Å². The first kappa shape index (κ1) is 16.2. The predicted octanol–water partition coefficient (Wildman–Crippen LogP) is 1.73. The first-order chi connectivity index (χ1) is 10.5. The third kappa shape index (κ3) is 4.14. The molecule has 2 rings (SSSR count). The third-order valence-electron chi connectivity index (χ3n) is 3.48. The van der Waals surface area contributed by atoms with Gasteiger partial charge in [0.25, 0.3) is 0 Å². The minimum Gasteiger partial charge on any atom is -0.392 e. The zero-order chi connectivity index (χ0) is 16.1. The smallest absolute Gasteiger partial charge is 0.223 e. The molecule has 0 aliphatic carbocycles. The van der Waals surface area contributed by atoms with E-state index in [1.165, 1.54) is 0 Å². The number of aromatic amines is 1. The van der Waals surface area contributed by atoms with Gasteiger partial charge in [0.2, 0.25) is 5.91 Å². The largest absolute Gasteiger partial charge is 0.392 e. The van der Waals surface area contributed by atoms with E-state index in [2.05, 4.69) is 20.5 Å². The molecule has 0 fully saturated rings. The Kier molecular flexibility index (Phi) is 5.27. The zero-order valence-corrected chi connectivity index (χ0v) is 13.1. The molecule has 1 aromatic carbocycles. The third-order valence-corrected chi connectivity index (χ3v) is 3.48.